The number of fused-ring (bicyclic) bond motifs is 1. The van der Waals surface area contributed by atoms with E-state index in [9.17, 15) is 4.79 Å². The maximum Gasteiger partial charge on any atom is 0.338 e. The van der Waals surface area contributed by atoms with Crippen LogP contribution in [0.2, 0.25) is 5.02 Å². The summed E-state index contributed by atoms with van der Waals surface area (Å²) >= 11 is 7.62. The molecule has 8 heteroatoms. The Morgan fingerprint density at radius 2 is 1.40 bits per heavy atom. The van der Waals surface area contributed by atoms with Crippen molar-refractivity contribution in [2.24, 2.45) is 0 Å². The molecule has 0 fully saturated rings. The molecule has 6 rings (SSSR count). The van der Waals surface area contributed by atoms with Crippen LogP contribution in [0.4, 0.5) is 0 Å². The average Bonchev–Trinajstić information content (AvgIpc) is 3.42. The second-order valence-corrected chi connectivity index (χ2v) is 11.5. The summed E-state index contributed by atoms with van der Waals surface area (Å²) in [5.74, 6) is 1.84. The maximum absolute atomic E-state index is 13.0. The van der Waals surface area contributed by atoms with Crippen molar-refractivity contribution in [3.05, 3.63) is 148 Å². The van der Waals surface area contributed by atoms with E-state index in [0.29, 0.717) is 57.2 Å². The van der Waals surface area contributed by atoms with Crippen molar-refractivity contribution in [2.45, 2.75) is 13.2 Å². The zero-order valence-corrected chi connectivity index (χ0v) is 25.9. The van der Waals surface area contributed by atoms with Gasteiger partial charge in [0.15, 0.2) is 17.2 Å². The Hall–Kier alpha value is -5.11. The molecule has 45 heavy (non-hydrogen) atoms. The standard InChI is InChI=1S/C37H28ClNO5S/c1-41-37(40)30(27-16-18-39-19-17-27)21-35-36(44-29-14-12-28(38)13-15-29)31-20-32(42-23-25-8-4-2-5-9-25)33(22-34(31)45-35)43-24-26-10-6-3-7-11-26/h2-22H,23-24H2,1H3/b30-21+. The molecule has 6 aromatic rings. The first-order valence-electron chi connectivity index (χ1n) is 14.1. The van der Waals surface area contributed by atoms with Gasteiger partial charge in [-0.2, -0.15) is 0 Å². The number of aromatic nitrogens is 1. The van der Waals surface area contributed by atoms with E-state index in [1.54, 1.807) is 54.9 Å². The molecule has 0 aliphatic heterocycles. The van der Waals surface area contributed by atoms with Gasteiger partial charge in [0.05, 0.1) is 17.6 Å². The summed E-state index contributed by atoms with van der Waals surface area (Å²) in [5, 5.41) is 1.40. The second kappa shape index (κ2) is 14.1. The minimum atomic E-state index is -0.477. The van der Waals surface area contributed by atoms with E-state index in [0.717, 1.165) is 21.2 Å². The lowest BCUT2D eigenvalue weighted by molar-refractivity contribution is -0.133. The number of benzene rings is 4. The lowest BCUT2D eigenvalue weighted by atomic mass is 10.1. The van der Waals surface area contributed by atoms with Gasteiger partial charge in [-0.25, -0.2) is 4.79 Å². The third kappa shape index (κ3) is 7.34. The molecule has 4 aromatic carbocycles. The molecule has 0 amide bonds. The Morgan fingerprint density at radius 3 is 2.00 bits per heavy atom. The van der Waals surface area contributed by atoms with Gasteiger partial charge >= 0.3 is 5.97 Å². The molecule has 0 aliphatic carbocycles. The van der Waals surface area contributed by atoms with Crippen LogP contribution in [0.25, 0.3) is 21.7 Å². The first kappa shape index (κ1) is 29.9. The summed E-state index contributed by atoms with van der Waals surface area (Å²) in [6, 6.07) is 34.5. The van der Waals surface area contributed by atoms with Gasteiger partial charge in [0.25, 0.3) is 0 Å². The number of pyridine rings is 1. The summed E-state index contributed by atoms with van der Waals surface area (Å²) < 4.78 is 25.2. The van der Waals surface area contributed by atoms with Crippen molar-refractivity contribution in [1.29, 1.82) is 0 Å². The number of esters is 1. The van der Waals surface area contributed by atoms with Gasteiger partial charge in [-0.1, -0.05) is 72.3 Å². The van der Waals surface area contributed by atoms with Crippen LogP contribution in [0.5, 0.6) is 23.0 Å². The number of methoxy groups -OCH3 is 1. The molecule has 0 unspecified atom stereocenters. The Morgan fingerprint density at radius 1 is 0.800 bits per heavy atom. The van der Waals surface area contributed by atoms with Crippen LogP contribution < -0.4 is 14.2 Å². The van der Waals surface area contributed by atoms with Crippen molar-refractivity contribution >= 4 is 50.6 Å². The zero-order valence-electron chi connectivity index (χ0n) is 24.3. The highest BCUT2D eigenvalue weighted by Gasteiger charge is 2.21. The molecular formula is C37H28ClNO5S. The Balaban J connectivity index is 1.48. The number of hydrogen-bond donors (Lipinski definition) is 0. The van der Waals surface area contributed by atoms with Crippen molar-refractivity contribution in [3.8, 4) is 23.0 Å². The van der Waals surface area contributed by atoms with Gasteiger partial charge in [-0.3, -0.25) is 4.98 Å². The number of hydrogen-bond acceptors (Lipinski definition) is 7. The summed E-state index contributed by atoms with van der Waals surface area (Å²) in [6.07, 6.45) is 5.05. The lowest BCUT2D eigenvalue weighted by Crippen LogP contribution is -2.03. The lowest BCUT2D eigenvalue weighted by Gasteiger charge is -2.14. The van der Waals surface area contributed by atoms with Gasteiger partial charge in [-0.05, 0) is 65.2 Å². The predicted octanol–water partition coefficient (Wildman–Crippen LogP) is 9.61. The van der Waals surface area contributed by atoms with E-state index in [2.05, 4.69) is 4.98 Å². The second-order valence-electron chi connectivity index (χ2n) is 9.98. The Labute approximate surface area is 270 Å². The zero-order chi connectivity index (χ0) is 31.0. The molecule has 0 N–H and O–H groups in total. The van der Waals surface area contributed by atoms with Crippen LogP contribution >= 0.6 is 22.9 Å². The predicted molar refractivity (Wildman–Crippen MR) is 179 cm³/mol. The summed E-state index contributed by atoms with van der Waals surface area (Å²) in [7, 11) is 1.36. The van der Waals surface area contributed by atoms with Gasteiger partial charge < -0.3 is 18.9 Å². The smallest absolute Gasteiger partial charge is 0.338 e. The van der Waals surface area contributed by atoms with E-state index < -0.39 is 5.97 Å². The molecule has 0 spiro atoms. The highest BCUT2D eigenvalue weighted by atomic mass is 35.5. The van der Waals surface area contributed by atoms with Gasteiger partial charge in [0, 0.05) is 33.6 Å². The molecule has 0 aliphatic rings. The summed E-state index contributed by atoms with van der Waals surface area (Å²) in [5.41, 5.74) is 3.10. The molecule has 0 atom stereocenters. The SMILES string of the molecule is COC(=O)/C(=C/c1sc2cc(OCc3ccccc3)c(OCc3ccccc3)cc2c1Oc1ccc(Cl)cc1)c1ccncc1. The largest absolute Gasteiger partial charge is 0.485 e. The van der Waals surface area contributed by atoms with E-state index in [1.165, 1.54) is 18.4 Å². The average molecular weight is 634 g/mol. The molecule has 6 nitrogen and oxygen atoms in total. The third-order valence-electron chi connectivity index (χ3n) is 6.91. The van der Waals surface area contributed by atoms with E-state index >= 15 is 0 Å². The Kier molecular flexibility index (Phi) is 9.39. The van der Waals surface area contributed by atoms with Crippen LogP contribution in [0.15, 0.2) is 122 Å². The molecule has 2 aromatic heterocycles. The fraction of sp³-hybridized carbons (Fsp3) is 0.0811. The third-order valence-corrected chi connectivity index (χ3v) is 8.25. The summed E-state index contributed by atoms with van der Waals surface area (Å²) in [4.78, 5) is 17.8. The van der Waals surface area contributed by atoms with Crippen molar-refractivity contribution in [1.82, 2.24) is 4.98 Å². The summed E-state index contributed by atoms with van der Waals surface area (Å²) in [6.45, 7) is 0.724. The van der Waals surface area contributed by atoms with Gasteiger partial charge in [0.2, 0.25) is 0 Å². The monoisotopic (exact) mass is 633 g/mol. The highest BCUT2D eigenvalue weighted by molar-refractivity contribution is 7.20. The molecule has 0 bridgehead atoms. The molecule has 224 valence electrons. The number of thiophene rings is 1. The van der Waals surface area contributed by atoms with Crippen molar-refractivity contribution in [2.75, 3.05) is 7.11 Å². The number of nitrogens with zero attached hydrogens (tertiary/aromatic N) is 1. The van der Waals surface area contributed by atoms with Crippen LogP contribution in [0.3, 0.4) is 0 Å². The van der Waals surface area contributed by atoms with Gasteiger partial charge in [-0.15, -0.1) is 11.3 Å². The first-order valence-corrected chi connectivity index (χ1v) is 15.3. The molecule has 2 heterocycles. The number of halogens is 1. The fourth-order valence-corrected chi connectivity index (χ4v) is 5.86. The number of rotatable bonds is 11. The fourth-order valence-electron chi connectivity index (χ4n) is 4.65. The van der Waals surface area contributed by atoms with Crippen LogP contribution in [-0.2, 0) is 22.7 Å². The molecule has 0 saturated heterocycles. The topological polar surface area (TPSA) is 66.9 Å². The minimum Gasteiger partial charge on any atom is -0.485 e. The first-order chi connectivity index (χ1) is 22.1. The van der Waals surface area contributed by atoms with Crippen LogP contribution in [-0.4, -0.2) is 18.1 Å². The normalized spacial score (nSPS) is 11.3. The van der Waals surface area contributed by atoms with Crippen molar-refractivity contribution in [3.63, 3.8) is 0 Å². The molecular weight excluding hydrogens is 606 g/mol. The van der Waals surface area contributed by atoms with E-state index in [-0.39, 0.29) is 0 Å². The number of carbonyl (C=O) groups excluding carboxylic acids is 1. The highest BCUT2D eigenvalue weighted by Crippen LogP contribution is 2.47. The maximum atomic E-state index is 13.0. The molecule has 0 radical (unpaired) electrons. The molecule has 0 saturated carbocycles. The van der Waals surface area contributed by atoms with Crippen LogP contribution in [0.1, 0.15) is 21.6 Å². The number of ether oxygens (including phenoxy) is 4. The minimum absolute atomic E-state index is 0.354. The van der Waals surface area contributed by atoms with E-state index in [4.69, 9.17) is 30.5 Å². The quantitative estimate of drug-likeness (QED) is 0.105. The van der Waals surface area contributed by atoms with Crippen molar-refractivity contribution < 1.29 is 23.7 Å². The number of carbonyl (C=O) groups is 1. The van der Waals surface area contributed by atoms with Crippen LogP contribution in [0, 0.1) is 0 Å². The van der Waals surface area contributed by atoms with E-state index in [1.807, 2.05) is 72.8 Å². The Bertz CT molecular complexity index is 1930. The van der Waals surface area contributed by atoms with Gasteiger partial charge in [0.1, 0.15) is 19.0 Å².